The first-order valence-electron chi connectivity index (χ1n) is 10.7. The molecule has 0 saturated carbocycles. The summed E-state index contributed by atoms with van der Waals surface area (Å²) in [5.41, 5.74) is 0.764. The van der Waals surface area contributed by atoms with E-state index in [4.69, 9.17) is 51.1 Å². The third-order valence-corrected chi connectivity index (χ3v) is 8.85. The van der Waals surface area contributed by atoms with E-state index in [1.807, 2.05) is 0 Å². The number of methoxy groups -OCH3 is 1. The third kappa shape index (κ3) is 3.84. The molecule has 0 spiro atoms. The van der Waals surface area contributed by atoms with Crippen molar-refractivity contribution in [2.24, 2.45) is 0 Å². The average molecular weight is 647 g/mol. The van der Waals surface area contributed by atoms with E-state index in [2.05, 4.69) is 15.9 Å². The number of β-lactam (4-membered cyclic amide) rings is 1. The Labute approximate surface area is 238 Å². The van der Waals surface area contributed by atoms with E-state index < -0.39 is 35.6 Å². The Morgan fingerprint density at radius 2 is 1.43 bits per heavy atom. The summed E-state index contributed by atoms with van der Waals surface area (Å²) in [5, 5.41) is -0.829. The number of fused-ring (bicyclic) bond motifs is 1. The molecule has 3 amide bonds. The topological polar surface area (TPSA) is 66.9 Å². The molecule has 0 N–H and O–H groups in total. The highest BCUT2D eigenvalue weighted by Crippen LogP contribution is 2.49. The average Bonchev–Trinajstić information content (AvgIpc) is 3.12. The Hall–Kier alpha value is -2.36. The van der Waals surface area contributed by atoms with Crippen molar-refractivity contribution in [2.75, 3.05) is 12.0 Å². The maximum Gasteiger partial charge on any atom is 0.264 e. The number of imide groups is 1. The van der Waals surface area contributed by atoms with Crippen molar-refractivity contribution in [3.8, 4) is 5.75 Å². The molecule has 2 aliphatic heterocycles. The van der Waals surface area contributed by atoms with Crippen LogP contribution in [0.1, 0.15) is 37.9 Å². The number of ether oxygens (including phenoxy) is 1. The van der Waals surface area contributed by atoms with Gasteiger partial charge < -0.3 is 9.64 Å². The standard InChI is InChI=1S/C25H14BrCl4FN2O4/c1-9-3-5-11(8-13(9)31)32-21(10-4-6-14(37-2)12(26)7-10)22(25(32)36)33-23(34)15-16(24(33)35)18(28)20(30)19(29)17(15)27/h3-8,21-22H,1-2H3/t21-,22+/m1/s1. The molecule has 2 heterocycles. The Balaban J connectivity index is 1.65. The zero-order chi connectivity index (χ0) is 26.9. The minimum atomic E-state index is -1.28. The lowest BCUT2D eigenvalue weighted by atomic mass is 9.86. The second-order valence-corrected chi connectivity index (χ2v) is 10.8. The normalized spacial score (nSPS) is 18.9. The molecule has 37 heavy (non-hydrogen) atoms. The van der Waals surface area contributed by atoms with Crippen LogP contribution in [-0.2, 0) is 4.79 Å². The lowest BCUT2D eigenvalue weighted by molar-refractivity contribution is -0.130. The molecule has 5 rings (SSSR count). The highest BCUT2D eigenvalue weighted by molar-refractivity contribution is 9.10. The molecule has 0 unspecified atom stereocenters. The molecule has 0 aromatic heterocycles. The molecule has 2 atom stereocenters. The largest absolute Gasteiger partial charge is 0.496 e. The van der Waals surface area contributed by atoms with Crippen LogP contribution in [0.4, 0.5) is 10.1 Å². The summed E-state index contributed by atoms with van der Waals surface area (Å²) in [5.74, 6) is -2.25. The van der Waals surface area contributed by atoms with E-state index in [9.17, 15) is 18.8 Å². The summed E-state index contributed by atoms with van der Waals surface area (Å²) < 4.78 is 20.3. The fourth-order valence-corrected chi connectivity index (χ4v) is 6.13. The molecule has 6 nitrogen and oxygen atoms in total. The van der Waals surface area contributed by atoms with Crippen molar-refractivity contribution in [3.63, 3.8) is 0 Å². The number of nitrogens with zero attached hydrogens (tertiary/aromatic N) is 2. The van der Waals surface area contributed by atoms with Gasteiger partial charge in [0.05, 0.1) is 48.8 Å². The Bertz CT molecular complexity index is 1500. The molecule has 0 bridgehead atoms. The van der Waals surface area contributed by atoms with E-state index in [0.717, 1.165) is 4.90 Å². The van der Waals surface area contributed by atoms with Crippen LogP contribution < -0.4 is 9.64 Å². The van der Waals surface area contributed by atoms with Crippen LogP contribution in [0.3, 0.4) is 0 Å². The number of carbonyl (C=O) groups excluding carboxylic acids is 3. The van der Waals surface area contributed by atoms with Gasteiger partial charge in [0.15, 0.2) is 0 Å². The summed E-state index contributed by atoms with van der Waals surface area (Å²) in [4.78, 5) is 42.7. The first kappa shape index (κ1) is 26.3. The number of aryl methyl sites for hydroxylation is 1. The molecule has 3 aromatic rings. The minimum absolute atomic E-state index is 0.178. The predicted molar refractivity (Wildman–Crippen MR) is 143 cm³/mol. The molecule has 1 fully saturated rings. The van der Waals surface area contributed by atoms with Gasteiger partial charge in [0, 0.05) is 5.69 Å². The molecule has 0 aliphatic carbocycles. The van der Waals surface area contributed by atoms with Crippen molar-refractivity contribution in [2.45, 2.75) is 19.0 Å². The van der Waals surface area contributed by atoms with E-state index in [1.165, 1.54) is 24.1 Å². The second kappa shape index (κ2) is 9.43. The zero-order valence-electron chi connectivity index (χ0n) is 18.9. The van der Waals surface area contributed by atoms with Gasteiger partial charge in [-0.05, 0) is 58.2 Å². The number of amides is 3. The minimum Gasteiger partial charge on any atom is -0.496 e. The number of benzene rings is 3. The van der Waals surface area contributed by atoms with Crippen LogP contribution >= 0.6 is 62.3 Å². The number of halogens is 6. The number of carbonyl (C=O) groups is 3. The number of hydrogen-bond acceptors (Lipinski definition) is 4. The van der Waals surface area contributed by atoms with Gasteiger partial charge in [0.2, 0.25) is 0 Å². The van der Waals surface area contributed by atoms with Crippen LogP contribution in [0, 0.1) is 12.7 Å². The second-order valence-electron chi connectivity index (χ2n) is 8.41. The predicted octanol–water partition coefficient (Wildman–Crippen LogP) is 7.27. The number of rotatable bonds is 4. The van der Waals surface area contributed by atoms with Gasteiger partial charge in [-0.25, -0.2) is 4.39 Å². The summed E-state index contributed by atoms with van der Waals surface area (Å²) in [7, 11) is 1.50. The summed E-state index contributed by atoms with van der Waals surface area (Å²) in [6, 6.07) is 7.28. The highest BCUT2D eigenvalue weighted by atomic mass is 79.9. The van der Waals surface area contributed by atoms with Gasteiger partial charge >= 0.3 is 0 Å². The molecule has 2 aliphatic rings. The Morgan fingerprint density at radius 3 is 1.95 bits per heavy atom. The quantitative estimate of drug-likeness (QED) is 0.129. The van der Waals surface area contributed by atoms with Crippen molar-refractivity contribution in [1.82, 2.24) is 4.90 Å². The molecule has 190 valence electrons. The maximum absolute atomic E-state index is 14.5. The third-order valence-electron chi connectivity index (χ3n) is 6.43. The fourth-order valence-electron chi connectivity index (χ4n) is 4.56. The Kier molecular flexibility index (Phi) is 6.69. The summed E-state index contributed by atoms with van der Waals surface area (Å²) in [6.07, 6.45) is 0. The van der Waals surface area contributed by atoms with Crippen LogP contribution in [-0.4, -0.2) is 35.8 Å². The molecule has 3 aromatic carbocycles. The monoisotopic (exact) mass is 644 g/mol. The van der Waals surface area contributed by atoms with Crippen LogP contribution in [0.15, 0.2) is 40.9 Å². The van der Waals surface area contributed by atoms with Crippen LogP contribution in [0.25, 0.3) is 0 Å². The number of hydrogen-bond donors (Lipinski definition) is 0. The van der Waals surface area contributed by atoms with Crippen molar-refractivity contribution < 1.29 is 23.5 Å². The van der Waals surface area contributed by atoms with Crippen LogP contribution in [0.2, 0.25) is 20.1 Å². The number of anilines is 1. The van der Waals surface area contributed by atoms with Gasteiger partial charge in [-0.15, -0.1) is 0 Å². The van der Waals surface area contributed by atoms with Gasteiger partial charge in [-0.3, -0.25) is 19.3 Å². The molecular weight excluding hydrogens is 633 g/mol. The first-order chi connectivity index (χ1) is 17.5. The van der Waals surface area contributed by atoms with Crippen molar-refractivity contribution in [1.29, 1.82) is 0 Å². The van der Waals surface area contributed by atoms with Gasteiger partial charge in [0.25, 0.3) is 17.7 Å². The Morgan fingerprint density at radius 1 is 0.838 bits per heavy atom. The summed E-state index contributed by atoms with van der Waals surface area (Å²) in [6.45, 7) is 1.60. The molecule has 0 radical (unpaired) electrons. The molecular formula is C25H14BrCl4FN2O4. The van der Waals surface area contributed by atoms with Crippen molar-refractivity contribution in [3.05, 3.63) is 89.0 Å². The zero-order valence-corrected chi connectivity index (χ0v) is 23.5. The molecule has 1 saturated heterocycles. The lowest BCUT2D eigenvalue weighted by Crippen LogP contribution is -2.67. The maximum atomic E-state index is 14.5. The van der Waals surface area contributed by atoms with Gasteiger partial charge in [0.1, 0.15) is 17.6 Å². The van der Waals surface area contributed by atoms with Crippen LogP contribution in [0.5, 0.6) is 5.75 Å². The van der Waals surface area contributed by atoms with Gasteiger partial charge in [-0.2, -0.15) is 0 Å². The van der Waals surface area contributed by atoms with E-state index in [0.29, 0.717) is 21.3 Å². The SMILES string of the molecule is COc1ccc([C@@H]2[C@H](N3C(=O)c4c(Cl)c(Cl)c(Cl)c(Cl)c4C3=O)C(=O)N2c2ccc(C)c(F)c2)cc1Br. The smallest absolute Gasteiger partial charge is 0.264 e. The van der Waals surface area contributed by atoms with Crippen molar-refractivity contribution >= 4 is 85.7 Å². The van der Waals surface area contributed by atoms with E-state index in [-0.39, 0.29) is 36.9 Å². The summed E-state index contributed by atoms with van der Waals surface area (Å²) >= 11 is 28.2. The van der Waals surface area contributed by atoms with Gasteiger partial charge in [-0.1, -0.05) is 58.5 Å². The van der Waals surface area contributed by atoms with E-state index >= 15 is 0 Å². The molecule has 12 heteroatoms. The van der Waals surface area contributed by atoms with E-state index in [1.54, 1.807) is 31.2 Å². The fraction of sp³-hybridized carbons (Fsp3) is 0.160. The highest BCUT2D eigenvalue weighted by Gasteiger charge is 2.58. The first-order valence-corrected chi connectivity index (χ1v) is 13.0. The lowest BCUT2D eigenvalue weighted by Gasteiger charge is -2.49.